The van der Waals surface area contributed by atoms with E-state index in [0.29, 0.717) is 16.8 Å². The van der Waals surface area contributed by atoms with Gasteiger partial charge in [0, 0.05) is 29.4 Å². The summed E-state index contributed by atoms with van der Waals surface area (Å²) in [6.07, 6.45) is 1.63. The molecule has 2 aliphatic rings. The summed E-state index contributed by atoms with van der Waals surface area (Å²) in [5.74, 6) is -0.407. The van der Waals surface area contributed by atoms with E-state index in [1.807, 2.05) is 49.2 Å². The predicted molar refractivity (Wildman–Crippen MR) is 119 cm³/mol. The van der Waals surface area contributed by atoms with Gasteiger partial charge in [0.05, 0.1) is 0 Å². The number of rotatable bonds is 2. The fourth-order valence-electron chi connectivity index (χ4n) is 4.59. The van der Waals surface area contributed by atoms with Crippen LogP contribution in [0.5, 0.6) is 5.75 Å². The maximum Gasteiger partial charge on any atom is 0.274 e. The fraction of sp³-hybridized carbons (Fsp3) is 0.280. The number of fused-ring (bicyclic) bond motifs is 3. The molecular formula is C25H24FN3O3. The molecule has 0 radical (unpaired) electrons. The average Bonchev–Trinajstić information content (AvgIpc) is 2.94. The highest BCUT2D eigenvalue weighted by molar-refractivity contribution is 5.95. The molecule has 0 saturated heterocycles. The minimum absolute atomic E-state index is 0.0855. The number of halogens is 1. The van der Waals surface area contributed by atoms with Gasteiger partial charge in [0.25, 0.3) is 5.91 Å². The Morgan fingerprint density at radius 3 is 2.56 bits per heavy atom. The minimum atomic E-state index is -0.426. The van der Waals surface area contributed by atoms with Crippen molar-refractivity contribution in [2.75, 3.05) is 11.7 Å². The zero-order valence-corrected chi connectivity index (χ0v) is 18.2. The molecule has 0 bridgehead atoms. The summed E-state index contributed by atoms with van der Waals surface area (Å²) in [5, 5.41) is 2.01. The third-order valence-corrected chi connectivity index (χ3v) is 6.29. The Hall–Kier alpha value is -3.61. The van der Waals surface area contributed by atoms with Gasteiger partial charge in [-0.05, 0) is 38.0 Å². The number of hydrogen-bond donors (Lipinski definition) is 0. The van der Waals surface area contributed by atoms with Crippen molar-refractivity contribution < 1.29 is 13.9 Å². The Balaban J connectivity index is 1.80. The first kappa shape index (κ1) is 20.3. The lowest BCUT2D eigenvalue weighted by Gasteiger charge is -2.45. The van der Waals surface area contributed by atoms with Gasteiger partial charge in [-0.1, -0.05) is 36.4 Å². The van der Waals surface area contributed by atoms with E-state index in [0.717, 1.165) is 11.1 Å². The van der Waals surface area contributed by atoms with E-state index in [-0.39, 0.29) is 36.4 Å². The van der Waals surface area contributed by atoms with Gasteiger partial charge in [-0.2, -0.15) is 0 Å². The van der Waals surface area contributed by atoms with Crippen molar-refractivity contribution in [1.29, 1.82) is 0 Å². The van der Waals surface area contributed by atoms with Crippen molar-refractivity contribution in [3.63, 3.8) is 0 Å². The molecule has 3 aromatic rings. The zero-order valence-electron chi connectivity index (χ0n) is 18.2. The summed E-state index contributed by atoms with van der Waals surface area (Å²) in [4.78, 5) is 27.5. The number of benzene rings is 2. The predicted octanol–water partition coefficient (Wildman–Crippen LogP) is 3.74. The third kappa shape index (κ3) is 2.99. The monoisotopic (exact) mass is 433 g/mol. The maximum atomic E-state index is 14.8. The van der Waals surface area contributed by atoms with E-state index in [1.165, 1.54) is 12.1 Å². The van der Waals surface area contributed by atoms with E-state index in [9.17, 15) is 14.0 Å². The first-order valence-electron chi connectivity index (χ1n) is 10.7. The van der Waals surface area contributed by atoms with Crippen molar-refractivity contribution in [3.8, 4) is 5.75 Å². The smallest absolute Gasteiger partial charge is 0.274 e. The van der Waals surface area contributed by atoms with E-state index >= 15 is 0 Å². The quantitative estimate of drug-likeness (QED) is 0.618. The van der Waals surface area contributed by atoms with Gasteiger partial charge in [0.2, 0.25) is 0 Å². The Bertz CT molecular complexity index is 1280. The summed E-state index contributed by atoms with van der Waals surface area (Å²) >= 11 is 0. The lowest BCUT2D eigenvalue weighted by atomic mass is 9.94. The summed E-state index contributed by atoms with van der Waals surface area (Å²) in [7, 11) is 0. The molecule has 1 aromatic heterocycles. The molecule has 5 rings (SSSR count). The maximum absolute atomic E-state index is 14.8. The molecule has 164 valence electrons. The molecule has 6 nitrogen and oxygen atoms in total. The molecule has 0 N–H and O–H groups in total. The van der Waals surface area contributed by atoms with E-state index in [4.69, 9.17) is 4.74 Å². The van der Waals surface area contributed by atoms with Crippen LogP contribution in [0, 0.1) is 12.7 Å². The van der Waals surface area contributed by atoms with Gasteiger partial charge in [0.1, 0.15) is 25.0 Å². The number of aromatic nitrogens is 1. The van der Waals surface area contributed by atoms with Crippen LogP contribution in [0.4, 0.5) is 4.39 Å². The molecule has 1 unspecified atom stereocenters. The Labute approximate surface area is 185 Å². The molecule has 2 aliphatic heterocycles. The van der Waals surface area contributed by atoms with Crippen LogP contribution in [-0.4, -0.2) is 28.2 Å². The number of para-hydroxylation sites is 1. The van der Waals surface area contributed by atoms with Crippen LogP contribution in [-0.2, 0) is 6.61 Å². The van der Waals surface area contributed by atoms with Gasteiger partial charge in [-0.15, -0.1) is 0 Å². The highest BCUT2D eigenvalue weighted by Gasteiger charge is 2.39. The lowest BCUT2D eigenvalue weighted by Crippen LogP contribution is -2.57. The van der Waals surface area contributed by atoms with Crippen LogP contribution >= 0.6 is 0 Å². The second-order valence-corrected chi connectivity index (χ2v) is 8.50. The minimum Gasteiger partial charge on any atom is -0.485 e. The fourth-order valence-corrected chi connectivity index (χ4v) is 4.59. The zero-order chi connectivity index (χ0) is 22.6. The van der Waals surface area contributed by atoms with Gasteiger partial charge in [0.15, 0.2) is 17.0 Å². The summed E-state index contributed by atoms with van der Waals surface area (Å²) in [6.45, 7) is 6.09. The molecule has 3 heterocycles. The Morgan fingerprint density at radius 1 is 1.03 bits per heavy atom. The molecule has 32 heavy (non-hydrogen) atoms. The van der Waals surface area contributed by atoms with Crippen LogP contribution in [0.3, 0.4) is 0 Å². The van der Waals surface area contributed by atoms with Crippen LogP contribution in [0.25, 0.3) is 0 Å². The third-order valence-electron chi connectivity index (χ3n) is 6.29. The van der Waals surface area contributed by atoms with Gasteiger partial charge in [-0.25, -0.2) is 4.39 Å². The van der Waals surface area contributed by atoms with Crippen molar-refractivity contribution in [3.05, 3.63) is 98.7 Å². The number of nitrogens with zero attached hydrogens (tertiary/aromatic N) is 3. The van der Waals surface area contributed by atoms with Crippen LogP contribution in [0.15, 0.2) is 59.5 Å². The second-order valence-electron chi connectivity index (χ2n) is 8.50. The first-order chi connectivity index (χ1) is 15.4. The topological polar surface area (TPSA) is 54.8 Å². The van der Waals surface area contributed by atoms with Crippen molar-refractivity contribution >= 4 is 5.91 Å². The van der Waals surface area contributed by atoms with Gasteiger partial charge < -0.3 is 9.64 Å². The van der Waals surface area contributed by atoms with Gasteiger partial charge >= 0.3 is 0 Å². The van der Waals surface area contributed by atoms with Crippen LogP contribution in [0.1, 0.15) is 52.6 Å². The second kappa shape index (κ2) is 7.51. The molecule has 2 aromatic carbocycles. The number of carbonyl (C=O) groups excluding carboxylic acids is 1. The van der Waals surface area contributed by atoms with Crippen LogP contribution < -0.4 is 15.2 Å². The molecule has 0 aliphatic carbocycles. The number of ether oxygens (including phenoxy) is 1. The normalized spacial score (nSPS) is 17.4. The Kier molecular flexibility index (Phi) is 4.77. The van der Waals surface area contributed by atoms with E-state index in [1.54, 1.807) is 28.8 Å². The highest BCUT2D eigenvalue weighted by atomic mass is 19.1. The van der Waals surface area contributed by atoms with Crippen molar-refractivity contribution in [2.45, 2.75) is 39.5 Å². The first-order valence-corrected chi connectivity index (χ1v) is 10.7. The number of carbonyl (C=O) groups is 1. The average molecular weight is 433 g/mol. The summed E-state index contributed by atoms with van der Waals surface area (Å²) in [6, 6.07) is 13.7. The SMILES string of the molecule is Cc1c2n(ccc1=O)N(C1c3ccccc3COc3c(F)cccc31)CN(C(C)C)C2=O. The molecule has 0 fully saturated rings. The molecular weight excluding hydrogens is 409 g/mol. The summed E-state index contributed by atoms with van der Waals surface area (Å²) in [5.41, 5.74) is 3.13. The molecule has 7 heteroatoms. The standard InChI is InChI=1S/C25H24FN3O3/c1-15(2)27-14-29(28-12-11-21(30)16(3)22(28)25(27)31)23-18-8-5-4-7-17(18)13-32-24-19(23)9-6-10-20(24)26/h4-12,15,23H,13-14H2,1-3H3. The highest BCUT2D eigenvalue weighted by Crippen LogP contribution is 2.41. The largest absolute Gasteiger partial charge is 0.485 e. The molecule has 0 saturated carbocycles. The number of hydrogen-bond acceptors (Lipinski definition) is 4. The molecule has 0 spiro atoms. The Morgan fingerprint density at radius 2 is 1.78 bits per heavy atom. The lowest BCUT2D eigenvalue weighted by molar-refractivity contribution is 0.0625. The molecule has 1 amide bonds. The van der Waals surface area contributed by atoms with Crippen LogP contribution in [0.2, 0.25) is 0 Å². The van der Waals surface area contributed by atoms with Crippen molar-refractivity contribution in [1.82, 2.24) is 9.58 Å². The van der Waals surface area contributed by atoms with Crippen molar-refractivity contribution in [2.24, 2.45) is 0 Å². The van der Waals surface area contributed by atoms with E-state index in [2.05, 4.69) is 0 Å². The van der Waals surface area contributed by atoms with E-state index < -0.39 is 11.9 Å². The van der Waals surface area contributed by atoms with Gasteiger partial charge in [-0.3, -0.25) is 19.3 Å². The number of pyridine rings is 1. The number of amides is 1. The summed E-state index contributed by atoms with van der Waals surface area (Å²) < 4.78 is 22.5. The molecule has 1 atom stereocenters.